The van der Waals surface area contributed by atoms with Crippen LogP contribution in [0.15, 0.2) is 91.0 Å². The molecular weight excluding hydrogens is 378 g/mol. The van der Waals surface area contributed by atoms with Crippen molar-refractivity contribution in [1.29, 1.82) is 0 Å². The van der Waals surface area contributed by atoms with E-state index in [0.29, 0.717) is 6.04 Å². The van der Waals surface area contributed by atoms with E-state index in [2.05, 4.69) is 110 Å². The molecule has 0 spiro atoms. The first-order chi connectivity index (χ1) is 14.8. The van der Waals surface area contributed by atoms with Crippen molar-refractivity contribution in [2.75, 3.05) is 13.1 Å². The zero-order valence-electron chi connectivity index (χ0n) is 20.2. The molecule has 1 atom stereocenters. The maximum absolute atomic E-state index is 5.27. The van der Waals surface area contributed by atoms with Crippen molar-refractivity contribution in [2.24, 2.45) is 0 Å². The molecule has 0 aliphatic carbocycles. The molecule has 4 rings (SSSR count). The Morgan fingerprint density at radius 1 is 0.844 bits per heavy atom. The van der Waals surface area contributed by atoms with Gasteiger partial charge in [0.25, 0.3) is 0 Å². The fourth-order valence-electron chi connectivity index (χ4n) is 3.77. The van der Waals surface area contributed by atoms with Gasteiger partial charge in [-0.15, -0.1) is 6.04 Å². The van der Waals surface area contributed by atoms with Crippen molar-refractivity contribution >= 4 is 0 Å². The molecule has 158 valence electrons. The first-order valence-corrected chi connectivity index (χ1v) is 11.2. The minimum absolute atomic E-state index is 0. The molecule has 3 aromatic carbocycles. The van der Waals surface area contributed by atoms with Crippen LogP contribution in [-0.4, -0.2) is 24.0 Å². The van der Waals surface area contributed by atoms with E-state index in [1.54, 1.807) is 0 Å². The van der Waals surface area contributed by atoms with Crippen molar-refractivity contribution in [3.63, 3.8) is 0 Å². The number of nitrogens with zero attached hydrogens (tertiary/aromatic N) is 2. The van der Waals surface area contributed by atoms with E-state index in [4.69, 9.17) is 5.32 Å². The van der Waals surface area contributed by atoms with Crippen LogP contribution in [0.3, 0.4) is 0 Å². The summed E-state index contributed by atoms with van der Waals surface area (Å²) in [7, 11) is 0. The zero-order chi connectivity index (χ0) is 21.0. The third kappa shape index (κ3) is 9.33. The van der Waals surface area contributed by atoms with Gasteiger partial charge in [0.15, 0.2) is 0 Å². The largest absolute Gasteiger partial charge is 1.00 e. The van der Waals surface area contributed by atoms with Gasteiger partial charge in [-0.3, -0.25) is 0 Å². The summed E-state index contributed by atoms with van der Waals surface area (Å²) in [6.45, 7) is 8.92. The molecule has 3 aromatic rings. The van der Waals surface area contributed by atoms with E-state index in [9.17, 15) is 0 Å². The topological polar surface area (TPSA) is 17.3 Å². The van der Waals surface area contributed by atoms with E-state index >= 15 is 0 Å². The van der Waals surface area contributed by atoms with E-state index in [-0.39, 0.29) is 43.8 Å². The Morgan fingerprint density at radius 2 is 1.31 bits per heavy atom. The van der Waals surface area contributed by atoms with Crippen LogP contribution in [-0.2, 0) is 6.54 Å². The fraction of sp³-hybridized carbons (Fsp3) is 0.321. The molecule has 2 nitrogen and oxygen atoms in total. The first-order valence-electron chi connectivity index (χ1n) is 11.2. The van der Waals surface area contributed by atoms with Crippen LogP contribution in [0.1, 0.15) is 48.9 Å². The van der Waals surface area contributed by atoms with Gasteiger partial charge in [0.2, 0.25) is 0 Å². The van der Waals surface area contributed by atoms with Gasteiger partial charge < -0.3 is 17.1 Å². The van der Waals surface area contributed by atoms with Gasteiger partial charge in [-0.25, -0.2) is 0 Å². The molecule has 0 amide bonds. The molecule has 0 N–H and O–H groups in total. The van der Waals surface area contributed by atoms with Gasteiger partial charge in [0.05, 0.1) is 0 Å². The van der Waals surface area contributed by atoms with Crippen LogP contribution in [0.2, 0.25) is 0 Å². The van der Waals surface area contributed by atoms with Crippen LogP contribution in [0.4, 0.5) is 0 Å². The Labute approximate surface area is 219 Å². The Hall–Kier alpha value is -1.23. The van der Waals surface area contributed by atoms with Crippen molar-refractivity contribution in [3.05, 3.63) is 120 Å². The van der Waals surface area contributed by atoms with Crippen molar-refractivity contribution in [1.82, 2.24) is 4.90 Å². The SMILES string of the molecule is [CH2-]CCC.[Li+].[Li+].c1ccc(CN2CC[C@H]([N-]C(c3ccccc3)c3ccccc3)C2)cc1. The molecule has 0 saturated carbocycles. The molecule has 0 radical (unpaired) electrons. The number of unbranched alkanes of at least 4 members (excludes halogenated alkanes) is 1. The van der Waals surface area contributed by atoms with Crippen molar-refractivity contribution in [3.8, 4) is 0 Å². The average molecular weight is 412 g/mol. The van der Waals surface area contributed by atoms with Crippen LogP contribution in [0.25, 0.3) is 5.32 Å². The molecule has 1 aliphatic rings. The standard InChI is InChI=1S/C24H25N2.C4H9.2Li/c1-4-10-20(11-5-1)18-26-17-16-23(19-26)25-24(21-12-6-2-7-13-21)22-14-8-3-9-15-22;1-3-4-2;;/h1-15,23-24H,16-19H2;1,3-4H2,2H3;;/q2*-1;2*+1/t23-;;;/m0.../s1. The number of rotatable bonds is 7. The van der Waals surface area contributed by atoms with E-state index < -0.39 is 0 Å². The van der Waals surface area contributed by atoms with Crippen molar-refractivity contribution in [2.45, 2.75) is 44.8 Å². The Morgan fingerprint density at radius 3 is 1.78 bits per heavy atom. The van der Waals surface area contributed by atoms with Gasteiger partial charge in [-0.05, 0) is 18.7 Å². The van der Waals surface area contributed by atoms with Gasteiger partial charge >= 0.3 is 37.7 Å². The molecule has 0 unspecified atom stereocenters. The average Bonchev–Trinajstić information content (AvgIpc) is 3.26. The second-order valence-electron chi connectivity index (χ2n) is 7.89. The molecule has 0 aromatic heterocycles. The van der Waals surface area contributed by atoms with Crippen LogP contribution in [0, 0.1) is 6.92 Å². The van der Waals surface area contributed by atoms with Gasteiger partial charge in [0.1, 0.15) is 0 Å². The molecule has 32 heavy (non-hydrogen) atoms. The Kier molecular flexibility index (Phi) is 14.8. The Bertz CT molecular complexity index is 786. The quantitative estimate of drug-likeness (QED) is 0.419. The third-order valence-corrected chi connectivity index (χ3v) is 5.44. The molecular formula is C28H34Li2N2. The smallest absolute Gasteiger partial charge is 0.648 e. The van der Waals surface area contributed by atoms with Crippen LogP contribution in [0.5, 0.6) is 0 Å². The number of likely N-dealkylation sites (tertiary alicyclic amines) is 1. The molecule has 4 heteroatoms. The maximum atomic E-state index is 5.27. The summed E-state index contributed by atoms with van der Waals surface area (Å²) in [4.78, 5) is 2.52. The van der Waals surface area contributed by atoms with E-state index in [1.165, 1.54) is 23.1 Å². The summed E-state index contributed by atoms with van der Waals surface area (Å²) in [5, 5.41) is 5.27. The predicted molar refractivity (Wildman–Crippen MR) is 128 cm³/mol. The second kappa shape index (κ2) is 16.4. The number of hydrogen-bond acceptors (Lipinski definition) is 1. The summed E-state index contributed by atoms with van der Waals surface area (Å²) in [5.74, 6) is 0. The summed E-state index contributed by atoms with van der Waals surface area (Å²) in [5.41, 5.74) is 3.94. The summed E-state index contributed by atoms with van der Waals surface area (Å²) < 4.78 is 0. The molecule has 1 heterocycles. The fourth-order valence-corrected chi connectivity index (χ4v) is 3.77. The minimum Gasteiger partial charge on any atom is -0.648 e. The summed E-state index contributed by atoms with van der Waals surface area (Å²) >= 11 is 0. The van der Waals surface area contributed by atoms with Crippen LogP contribution >= 0.6 is 0 Å². The molecule has 0 bridgehead atoms. The predicted octanol–water partition coefficient (Wildman–Crippen LogP) is 1.05. The monoisotopic (exact) mass is 412 g/mol. The summed E-state index contributed by atoms with van der Waals surface area (Å²) in [6, 6.07) is 32.6. The first kappa shape index (κ1) is 28.8. The van der Waals surface area contributed by atoms with E-state index in [0.717, 1.165) is 32.5 Å². The molecule has 1 fully saturated rings. The maximum Gasteiger partial charge on any atom is 1.00 e. The van der Waals surface area contributed by atoms with E-state index in [1.807, 2.05) is 0 Å². The number of hydrogen-bond donors (Lipinski definition) is 0. The third-order valence-electron chi connectivity index (χ3n) is 5.44. The van der Waals surface area contributed by atoms with Gasteiger partial charge in [-0.1, -0.05) is 128 Å². The minimum atomic E-state index is 0. The van der Waals surface area contributed by atoms with Crippen molar-refractivity contribution < 1.29 is 37.7 Å². The van der Waals surface area contributed by atoms with Gasteiger partial charge in [-0.2, -0.15) is 6.42 Å². The zero-order valence-corrected chi connectivity index (χ0v) is 20.2. The molecule has 1 aliphatic heterocycles. The normalized spacial score (nSPS) is 15.3. The second-order valence-corrected chi connectivity index (χ2v) is 7.89. The number of benzene rings is 3. The Balaban J connectivity index is 0.000000790. The molecule has 1 saturated heterocycles. The summed E-state index contributed by atoms with van der Waals surface area (Å²) in [6.07, 6.45) is 3.42. The van der Waals surface area contributed by atoms with Gasteiger partial charge in [0, 0.05) is 6.54 Å². The van der Waals surface area contributed by atoms with Crippen LogP contribution < -0.4 is 37.7 Å².